The lowest BCUT2D eigenvalue weighted by Crippen LogP contribution is -2.59. The highest BCUT2D eigenvalue weighted by molar-refractivity contribution is 5.90. The number of aryl methyl sites for hydroxylation is 1. The van der Waals surface area contributed by atoms with Crippen molar-refractivity contribution in [3.05, 3.63) is 58.6 Å². The van der Waals surface area contributed by atoms with Crippen molar-refractivity contribution in [2.24, 2.45) is 12.8 Å². The molecule has 0 aliphatic heterocycles. The number of halogens is 3. The summed E-state index contributed by atoms with van der Waals surface area (Å²) >= 11 is 0. The number of esters is 1. The normalized spacial score (nSPS) is 20.4. The lowest BCUT2D eigenvalue weighted by Gasteiger charge is -2.32. The Labute approximate surface area is 208 Å². The van der Waals surface area contributed by atoms with E-state index in [1.165, 1.54) is 4.57 Å². The summed E-state index contributed by atoms with van der Waals surface area (Å²) in [5.41, 5.74) is 6.96. The van der Waals surface area contributed by atoms with Gasteiger partial charge in [-0.15, -0.1) is 0 Å². The first-order valence-corrected chi connectivity index (χ1v) is 11.4. The first-order chi connectivity index (χ1) is 17.5. The summed E-state index contributed by atoms with van der Waals surface area (Å²) in [6, 6.07) is 13.1. The van der Waals surface area contributed by atoms with Crippen LogP contribution in [-0.4, -0.2) is 40.8 Å². The fourth-order valence-electron chi connectivity index (χ4n) is 4.48. The number of oxazole rings is 1. The summed E-state index contributed by atoms with van der Waals surface area (Å²) < 4.78 is 49.5. The van der Waals surface area contributed by atoms with Crippen molar-refractivity contribution < 1.29 is 31.9 Å². The SMILES string of the molecule is Cn1c(=O)oc2ccc(-c3ccc(C(C#N)CNC(=O)C4(OC(=O)C(F)(F)F)CCCC4N)cc3)cc21. The van der Waals surface area contributed by atoms with Gasteiger partial charge in [-0.25, -0.2) is 9.59 Å². The van der Waals surface area contributed by atoms with E-state index in [0.717, 1.165) is 11.1 Å². The smallest absolute Gasteiger partial charge is 0.441 e. The number of aromatic nitrogens is 1. The van der Waals surface area contributed by atoms with Crippen LogP contribution in [0.3, 0.4) is 0 Å². The zero-order valence-electron chi connectivity index (χ0n) is 19.7. The Bertz CT molecular complexity index is 1440. The maximum absolute atomic E-state index is 12.9. The molecule has 9 nitrogen and oxygen atoms in total. The number of hydrogen-bond acceptors (Lipinski definition) is 7. The van der Waals surface area contributed by atoms with Gasteiger partial charge in [0.05, 0.1) is 23.5 Å². The first-order valence-electron chi connectivity index (χ1n) is 11.4. The summed E-state index contributed by atoms with van der Waals surface area (Å²) in [4.78, 5) is 36.1. The molecular weight excluding hydrogens is 493 g/mol. The van der Waals surface area contributed by atoms with Crippen LogP contribution in [0.1, 0.15) is 30.7 Å². The molecule has 0 saturated heterocycles. The summed E-state index contributed by atoms with van der Waals surface area (Å²) in [5.74, 6) is -4.76. The molecular formula is C25H23F3N4O5. The van der Waals surface area contributed by atoms with Gasteiger partial charge >= 0.3 is 17.9 Å². The fraction of sp³-hybridized carbons (Fsp3) is 0.360. The van der Waals surface area contributed by atoms with Gasteiger partial charge in [-0.3, -0.25) is 9.36 Å². The monoisotopic (exact) mass is 516 g/mol. The van der Waals surface area contributed by atoms with E-state index in [0.29, 0.717) is 23.1 Å². The number of nitrogens with zero attached hydrogens (tertiary/aromatic N) is 2. The van der Waals surface area contributed by atoms with Crippen molar-refractivity contribution in [2.75, 3.05) is 6.54 Å². The maximum Gasteiger partial charge on any atom is 0.490 e. The third-order valence-corrected chi connectivity index (χ3v) is 6.61. The highest BCUT2D eigenvalue weighted by atomic mass is 19.4. The quantitative estimate of drug-likeness (QED) is 0.480. The molecule has 1 aromatic heterocycles. The van der Waals surface area contributed by atoms with Gasteiger partial charge in [0.2, 0.25) is 5.60 Å². The van der Waals surface area contributed by atoms with E-state index in [4.69, 9.17) is 10.2 Å². The van der Waals surface area contributed by atoms with E-state index < -0.39 is 41.4 Å². The highest BCUT2D eigenvalue weighted by Gasteiger charge is 2.55. The van der Waals surface area contributed by atoms with Crippen molar-refractivity contribution in [3.63, 3.8) is 0 Å². The van der Waals surface area contributed by atoms with Gasteiger partial charge in [-0.1, -0.05) is 30.3 Å². The molecule has 12 heteroatoms. The molecule has 0 bridgehead atoms. The van der Waals surface area contributed by atoms with E-state index in [-0.39, 0.29) is 19.4 Å². The predicted octanol–water partition coefficient (Wildman–Crippen LogP) is 2.88. The second-order valence-electron chi connectivity index (χ2n) is 8.90. The van der Waals surface area contributed by atoms with Crippen molar-refractivity contribution in [3.8, 4) is 17.2 Å². The van der Waals surface area contributed by atoms with Gasteiger partial charge in [0.15, 0.2) is 5.58 Å². The summed E-state index contributed by atoms with van der Waals surface area (Å²) in [6.45, 7) is -0.226. The zero-order valence-corrected chi connectivity index (χ0v) is 19.7. The number of carbonyl (C=O) groups is 2. The molecule has 1 heterocycles. The third kappa shape index (κ3) is 4.95. The van der Waals surface area contributed by atoms with Crippen molar-refractivity contribution in [2.45, 2.75) is 43.0 Å². The Balaban J connectivity index is 1.48. The lowest BCUT2D eigenvalue weighted by molar-refractivity contribution is -0.215. The van der Waals surface area contributed by atoms with E-state index in [1.807, 2.05) is 0 Å². The molecule has 1 aliphatic carbocycles. The molecule has 0 spiro atoms. The van der Waals surface area contributed by atoms with Crippen LogP contribution >= 0.6 is 0 Å². The molecule has 1 saturated carbocycles. The molecule has 1 amide bonds. The fourth-order valence-corrected chi connectivity index (χ4v) is 4.48. The van der Waals surface area contributed by atoms with Gasteiger partial charge in [0.1, 0.15) is 0 Å². The van der Waals surface area contributed by atoms with Crippen LogP contribution in [0.5, 0.6) is 0 Å². The summed E-state index contributed by atoms with van der Waals surface area (Å²) in [6.07, 6.45) is -4.91. The summed E-state index contributed by atoms with van der Waals surface area (Å²) in [5, 5.41) is 12.1. The molecule has 3 unspecified atom stereocenters. The van der Waals surface area contributed by atoms with Crippen molar-refractivity contribution >= 4 is 23.0 Å². The first kappa shape index (κ1) is 26.0. The molecule has 0 radical (unpaired) electrons. The number of nitrogens with two attached hydrogens (primary N) is 1. The number of benzene rings is 2. The lowest BCUT2D eigenvalue weighted by atomic mass is 9.94. The number of fused-ring (bicyclic) bond motifs is 1. The molecule has 2 aromatic carbocycles. The number of amides is 1. The van der Waals surface area contributed by atoms with Crippen LogP contribution in [0.15, 0.2) is 51.7 Å². The molecule has 194 valence electrons. The van der Waals surface area contributed by atoms with Crippen LogP contribution < -0.4 is 16.8 Å². The number of alkyl halides is 3. The van der Waals surface area contributed by atoms with Crippen molar-refractivity contribution in [1.29, 1.82) is 5.26 Å². The van der Waals surface area contributed by atoms with E-state index >= 15 is 0 Å². The Hall–Kier alpha value is -4.11. The van der Waals surface area contributed by atoms with Crippen LogP contribution in [0.4, 0.5) is 13.2 Å². The number of ether oxygens (including phenoxy) is 1. The summed E-state index contributed by atoms with van der Waals surface area (Å²) in [7, 11) is 1.60. The topological polar surface area (TPSA) is 140 Å². The second-order valence-corrected chi connectivity index (χ2v) is 8.90. The average Bonchev–Trinajstić information content (AvgIpc) is 3.37. The molecule has 4 rings (SSSR count). The van der Waals surface area contributed by atoms with Crippen molar-refractivity contribution in [1.82, 2.24) is 9.88 Å². The molecule has 1 fully saturated rings. The van der Waals surface area contributed by atoms with E-state index in [1.54, 1.807) is 49.5 Å². The standard InChI is InChI=1S/C25H23F3N4O5/c1-32-18-11-16(8-9-19(18)36-23(32)35)14-4-6-15(7-5-14)17(12-29)13-31-21(33)24(10-2-3-20(24)30)37-22(34)25(26,27)28/h4-9,11,17,20H,2-3,10,13,30H2,1H3,(H,31,33). The van der Waals surface area contributed by atoms with E-state index in [2.05, 4.69) is 16.1 Å². The minimum absolute atomic E-state index is 0.152. The molecule has 1 aliphatic rings. The molecule has 3 aromatic rings. The Morgan fingerprint density at radius 2 is 1.95 bits per heavy atom. The zero-order chi connectivity index (χ0) is 27.0. The number of rotatable bonds is 6. The Morgan fingerprint density at radius 3 is 2.54 bits per heavy atom. The van der Waals surface area contributed by atoms with Gasteiger partial charge < -0.3 is 20.2 Å². The number of hydrogen-bond donors (Lipinski definition) is 2. The van der Waals surface area contributed by atoms with Crippen LogP contribution in [0.2, 0.25) is 0 Å². The van der Waals surface area contributed by atoms with E-state index in [9.17, 15) is 32.8 Å². The molecule has 3 atom stereocenters. The van der Waals surface area contributed by atoms with Crippen LogP contribution in [0, 0.1) is 11.3 Å². The second kappa shape index (κ2) is 9.74. The largest absolute Gasteiger partial charge is 0.490 e. The molecule has 37 heavy (non-hydrogen) atoms. The number of nitrogens with one attached hydrogen (secondary N) is 1. The molecule has 3 N–H and O–H groups in total. The number of nitriles is 1. The van der Waals surface area contributed by atoms with Gasteiger partial charge in [0, 0.05) is 13.6 Å². The van der Waals surface area contributed by atoms with Crippen LogP contribution in [0.25, 0.3) is 22.2 Å². The minimum Gasteiger partial charge on any atom is -0.441 e. The number of carbonyl (C=O) groups excluding carboxylic acids is 2. The van der Waals surface area contributed by atoms with Gasteiger partial charge in [-0.05, 0) is 48.1 Å². The predicted molar refractivity (Wildman–Crippen MR) is 125 cm³/mol. The van der Waals surface area contributed by atoms with Gasteiger partial charge in [-0.2, -0.15) is 18.4 Å². The highest BCUT2D eigenvalue weighted by Crippen LogP contribution is 2.35. The minimum atomic E-state index is -5.27. The average molecular weight is 516 g/mol. The van der Waals surface area contributed by atoms with Gasteiger partial charge in [0.25, 0.3) is 5.91 Å². The maximum atomic E-state index is 12.9. The third-order valence-electron chi connectivity index (χ3n) is 6.61. The Morgan fingerprint density at radius 1 is 1.27 bits per heavy atom. The van der Waals surface area contributed by atoms with Crippen LogP contribution in [-0.2, 0) is 21.4 Å². The Kier molecular flexibility index (Phi) is 6.84.